The number of anilines is 1. The molecule has 0 aliphatic carbocycles. The summed E-state index contributed by atoms with van der Waals surface area (Å²) in [5.74, 6) is -0.631. The highest BCUT2D eigenvalue weighted by atomic mass is 79.9. The third kappa shape index (κ3) is 6.35. The largest absolute Gasteiger partial charge is 0.394 e. The number of hydrogen-bond donors (Lipinski definition) is 3. The zero-order valence-corrected chi connectivity index (χ0v) is 25.7. The maximum Gasteiger partial charge on any atom is 0.244 e. The number of aryl methyl sites for hydroxylation is 1. The van der Waals surface area contributed by atoms with Gasteiger partial charge in [-0.15, -0.1) is 0 Å². The summed E-state index contributed by atoms with van der Waals surface area (Å²) >= 11 is 3.49. The Labute approximate surface area is 252 Å². The quantitative estimate of drug-likeness (QED) is 0.314. The normalized spacial score (nSPS) is 18.3. The molecule has 2 aliphatic heterocycles. The lowest BCUT2D eigenvalue weighted by Crippen LogP contribution is -2.46. The number of sulfonamides is 1. The monoisotopic (exact) mass is 661 g/mol. The summed E-state index contributed by atoms with van der Waals surface area (Å²) in [6.45, 7) is 4.25. The topological polar surface area (TPSA) is 134 Å². The molecule has 1 amide bonds. The van der Waals surface area contributed by atoms with Gasteiger partial charge in [0.15, 0.2) is 0 Å². The number of hydrogen-bond acceptors (Lipinski definition) is 8. The molecule has 2 aliphatic rings. The van der Waals surface area contributed by atoms with Gasteiger partial charge in [0.25, 0.3) is 0 Å². The molecule has 224 valence electrons. The van der Waals surface area contributed by atoms with E-state index in [1.165, 1.54) is 19.1 Å². The first kappa shape index (κ1) is 30.5. The number of aliphatic hydroxyl groups is 1. The van der Waals surface area contributed by atoms with Crippen LogP contribution in [0.3, 0.4) is 0 Å². The van der Waals surface area contributed by atoms with E-state index in [0.29, 0.717) is 52.4 Å². The van der Waals surface area contributed by atoms with Crippen molar-refractivity contribution in [2.45, 2.75) is 62.7 Å². The van der Waals surface area contributed by atoms with Crippen molar-refractivity contribution in [2.75, 3.05) is 25.1 Å². The Hall–Kier alpha value is -2.97. The lowest BCUT2D eigenvalue weighted by atomic mass is 10.0. The molecule has 5 rings (SSSR count). The van der Waals surface area contributed by atoms with Crippen LogP contribution in [0.5, 0.6) is 0 Å². The Balaban J connectivity index is 1.35. The molecule has 42 heavy (non-hydrogen) atoms. The molecular weight excluding hydrogens is 629 g/mol. The van der Waals surface area contributed by atoms with E-state index < -0.39 is 40.4 Å². The molecule has 1 fully saturated rings. The molecule has 3 N–H and O–H groups in total. The number of nitrogens with zero attached hydrogens (tertiary/aromatic N) is 3. The van der Waals surface area contributed by atoms with E-state index in [0.717, 1.165) is 22.7 Å². The minimum Gasteiger partial charge on any atom is -0.394 e. The average Bonchev–Trinajstić information content (AvgIpc) is 3.25. The molecule has 1 saturated heterocycles. The number of ether oxygens (including phenoxy) is 1. The lowest BCUT2D eigenvalue weighted by molar-refractivity contribution is -0.125. The molecular formula is C29H33BrFN5O5S. The van der Waals surface area contributed by atoms with Gasteiger partial charge >= 0.3 is 0 Å². The van der Waals surface area contributed by atoms with Crippen LogP contribution in [0.15, 0.2) is 52.0 Å². The van der Waals surface area contributed by atoms with E-state index in [4.69, 9.17) is 4.74 Å². The summed E-state index contributed by atoms with van der Waals surface area (Å²) in [7, 11) is -4.03. The fourth-order valence-corrected chi connectivity index (χ4v) is 7.43. The first-order chi connectivity index (χ1) is 20.1. The van der Waals surface area contributed by atoms with Crippen molar-refractivity contribution in [1.82, 2.24) is 19.6 Å². The third-order valence-electron chi connectivity index (χ3n) is 7.65. The van der Waals surface area contributed by atoms with Gasteiger partial charge in [-0.1, -0.05) is 25.1 Å². The second-order valence-corrected chi connectivity index (χ2v) is 13.2. The number of halogens is 2. The molecule has 2 atom stereocenters. The van der Waals surface area contributed by atoms with Crippen molar-refractivity contribution in [2.24, 2.45) is 0 Å². The molecule has 10 nitrogen and oxygen atoms in total. The Kier molecular flexibility index (Phi) is 9.23. The van der Waals surface area contributed by atoms with E-state index in [1.54, 1.807) is 30.5 Å². The Morgan fingerprint density at radius 1 is 1.24 bits per heavy atom. The Bertz CT molecular complexity index is 1580. The van der Waals surface area contributed by atoms with Crippen molar-refractivity contribution in [3.05, 3.63) is 69.6 Å². The summed E-state index contributed by atoms with van der Waals surface area (Å²) in [6.07, 6.45) is 3.89. The summed E-state index contributed by atoms with van der Waals surface area (Å²) in [4.78, 5) is 22.3. The predicted octanol–water partition coefficient (Wildman–Crippen LogP) is 3.94. The van der Waals surface area contributed by atoms with Crippen LogP contribution in [0.25, 0.3) is 11.3 Å². The SMILES string of the molecule is CCc1cc(F)cc([C@@H](CO)NC(=O)[C@@H](C)N2Cc3ccc(-c4nc(NC5CCOCC5)ncc4Br)cc3S2(=O)=O)c1. The molecule has 13 heteroatoms. The van der Waals surface area contributed by atoms with E-state index >= 15 is 0 Å². The fraction of sp³-hybridized carbons (Fsp3) is 0.414. The van der Waals surface area contributed by atoms with Gasteiger partial charge < -0.3 is 20.5 Å². The minimum absolute atomic E-state index is 0.0117. The van der Waals surface area contributed by atoms with Crippen molar-refractivity contribution in [3.63, 3.8) is 0 Å². The molecule has 1 aromatic heterocycles. The van der Waals surface area contributed by atoms with E-state index in [2.05, 4.69) is 36.5 Å². The van der Waals surface area contributed by atoms with E-state index in [9.17, 15) is 22.7 Å². The Morgan fingerprint density at radius 2 is 2.00 bits per heavy atom. The second kappa shape index (κ2) is 12.7. The van der Waals surface area contributed by atoms with Gasteiger partial charge in [-0.3, -0.25) is 4.79 Å². The molecule has 3 aromatic rings. The summed E-state index contributed by atoms with van der Waals surface area (Å²) < 4.78 is 48.6. The van der Waals surface area contributed by atoms with Crippen LogP contribution >= 0.6 is 15.9 Å². The molecule has 0 spiro atoms. The lowest BCUT2D eigenvalue weighted by Gasteiger charge is -2.25. The van der Waals surface area contributed by atoms with Crippen LogP contribution in [0.2, 0.25) is 0 Å². The van der Waals surface area contributed by atoms with Gasteiger partial charge in [-0.25, -0.2) is 22.8 Å². The van der Waals surface area contributed by atoms with E-state index in [1.807, 2.05) is 6.92 Å². The van der Waals surface area contributed by atoms with Crippen molar-refractivity contribution < 1.29 is 27.4 Å². The predicted molar refractivity (Wildman–Crippen MR) is 159 cm³/mol. The number of aliphatic hydroxyl groups excluding tert-OH is 1. The smallest absolute Gasteiger partial charge is 0.244 e. The van der Waals surface area contributed by atoms with Gasteiger partial charge in [0.1, 0.15) is 11.9 Å². The molecule has 2 aromatic carbocycles. The third-order valence-corrected chi connectivity index (χ3v) is 10.2. The van der Waals surface area contributed by atoms with E-state index in [-0.39, 0.29) is 17.5 Å². The minimum atomic E-state index is -4.03. The number of aromatic nitrogens is 2. The van der Waals surface area contributed by atoms with Crippen molar-refractivity contribution in [1.29, 1.82) is 0 Å². The van der Waals surface area contributed by atoms with Crippen LogP contribution in [0.4, 0.5) is 10.3 Å². The second-order valence-electron chi connectivity index (χ2n) is 10.5. The highest BCUT2D eigenvalue weighted by Crippen LogP contribution is 2.36. The van der Waals surface area contributed by atoms with Gasteiger partial charge in [-0.2, -0.15) is 4.31 Å². The summed E-state index contributed by atoms with van der Waals surface area (Å²) in [5, 5.41) is 16.0. The highest BCUT2D eigenvalue weighted by Gasteiger charge is 2.41. The standard InChI is InChI=1S/C29H33BrFN5O5S/c1-3-18-10-21(12-22(31)11-18)25(16-37)34-28(38)17(2)36-15-20-5-4-19(13-26(20)42(36,39)40)27-24(30)14-32-29(35-27)33-23-6-8-41-9-7-23/h4-5,10-14,17,23,25,37H,3,6-9,15-16H2,1-2H3,(H,34,38)(H,32,33,35)/t17-,25-/m1/s1. The van der Waals surface area contributed by atoms with Gasteiger partial charge in [-0.05, 0) is 77.0 Å². The zero-order valence-electron chi connectivity index (χ0n) is 23.3. The summed E-state index contributed by atoms with van der Waals surface area (Å²) in [6, 6.07) is 7.67. The maximum absolute atomic E-state index is 14.1. The number of fused-ring (bicyclic) bond motifs is 1. The number of benzene rings is 2. The fourth-order valence-electron chi connectivity index (χ4n) is 5.20. The number of nitrogens with one attached hydrogen (secondary N) is 2. The van der Waals surface area contributed by atoms with Crippen LogP contribution < -0.4 is 10.6 Å². The maximum atomic E-state index is 14.1. The molecule has 0 radical (unpaired) electrons. The number of rotatable bonds is 9. The van der Waals surface area contributed by atoms with Crippen LogP contribution in [-0.2, 0) is 32.5 Å². The van der Waals surface area contributed by atoms with Crippen LogP contribution in [0, 0.1) is 5.82 Å². The Morgan fingerprint density at radius 3 is 2.71 bits per heavy atom. The highest BCUT2D eigenvalue weighted by molar-refractivity contribution is 9.10. The van der Waals surface area contributed by atoms with Crippen LogP contribution in [0.1, 0.15) is 49.4 Å². The zero-order chi connectivity index (χ0) is 30.0. The van der Waals surface area contributed by atoms with Gasteiger partial charge in [0.05, 0.1) is 27.7 Å². The van der Waals surface area contributed by atoms with Gasteiger partial charge in [0.2, 0.25) is 21.9 Å². The van der Waals surface area contributed by atoms with Crippen LogP contribution in [-0.4, -0.2) is 65.6 Å². The number of amides is 1. The molecule has 0 bridgehead atoms. The first-order valence-corrected chi connectivity index (χ1v) is 16.1. The molecule has 0 unspecified atom stereocenters. The molecule has 3 heterocycles. The average molecular weight is 663 g/mol. The first-order valence-electron chi connectivity index (χ1n) is 13.8. The van der Waals surface area contributed by atoms with Gasteiger partial charge in [0, 0.05) is 37.6 Å². The number of carbonyl (C=O) groups excluding carboxylic acids is 1. The number of carbonyl (C=O) groups is 1. The van der Waals surface area contributed by atoms with Crippen molar-refractivity contribution in [3.8, 4) is 11.3 Å². The molecule has 0 saturated carbocycles. The van der Waals surface area contributed by atoms with Crippen molar-refractivity contribution >= 4 is 37.8 Å². The summed E-state index contributed by atoms with van der Waals surface area (Å²) in [5.41, 5.74) is 2.81.